The summed E-state index contributed by atoms with van der Waals surface area (Å²) in [5.41, 5.74) is 1.20. The number of carbonyl (C=O) groups excluding carboxylic acids is 3. The molecule has 0 radical (unpaired) electrons. The van der Waals surface area contributed by atoms with Gasteiger partial charge in [0, 0.05) is 47.4 Å². The first-order valence-corrected chi connectivity index (χ1v) is 16.2. The number of piperidine rings is 1. The van der Waals surface area contributed by atoms with Crippen LogP contribution in [0.25, 0.3) is 0 Å². The molecule has 3 N–H and O–H groups in total. The molecule has 244 valence electrons. The summed E-state index contributed by atoms with van der Waals surface area (Å²) in [5, 5.41) is 11.3. The minimum absolute atomic E-state index is 0. The van der Waals surface area contributed by atoms with Crippen molar-refractivity contribution >= 4 is 53.3 Å². The van der Waals surface area contributed by atoms with Crippen LogP contribution in [0.3, 0.4) is 0 Å². The Morgan fingerprint density at radius 1 is 0.848 bits per heavy atom. The Morgan fingerprint density at radius 3 is 1.98 bits per heavy atom. The molecule has 1 unspecified atom stereocenters. The van der Waals surface area contributed by atoms with E-state index in [0.29, 0.717) is 59.7 Å². The first-order valence-electron chi connectivity index (χ1n) is 15.5. The monoisotopic (exact) mass is 685 g/mol. The summed E-state index contributed by atoms with van der Waals surface area (Å²) in [6.45, 7) is 4.21. The van der Waals surface area contributed by atoms with Gasteiger partial charge in [-0.3, -0.25) is 25.0 Å². The zero-order valence-electron chi connectivity index (χ0n) is 25.6. The maximum atomic E-state index is 14.9. The summed E-state index contributed by atoms with van der Waals surface area (Å²) >= 11 is 12.5. The van der Waals surface area contributed by atoms with Crippen molar-refractivity contribution in [2.75, 3.05) is 39.3 Å². The molecule has 0 aromatic heterocycles. The maximum absolute atomic E-state index is 14.9. The van der Waals surface area contributed by atoms with Crippen molar-refractivity contribution in [3.05, 3.63) is 99.0 Å². The molecule has 12 heteroatoms. The second-order valence-electron chi connectivity index (χ2n) is 11.7. The van der Waals surface area contributed by atoms with Crippen LogP contribution in [0.1, 0.15) is 65.3 Å². The lowest BCUT2D eigenvalue weighted by Crippen LogP contribution is -2.62. The van der Waals surface area contributed by atoms with E-state index in [1.54, 1.807) is 23.1 Å². The number of nitrogens with one attached hydrogen (secondary N) is 3. The van der Waals surface area contributed by atoms with Gasteiger partial charge in [-0.1, -0.05) is 47.5 Å². The van der Waals surface area contributed by atoms with E-state index in [9.17, 15) is 14.4 Å². The maximum Gasteiger partial charge on any atom is 0.263 e. The molecule has 3 atom stereocenters. The van der Waals surface area contributed by atoms with Crippen molar-refractivity contribution in [2.24, 2.45) is 0 Å². The molecule has 3 heterocycles. The Bertz CT molecular complexity index is 1510. The SMILES string of the molecule is CCOc1ccc(C(=O)N2CCCCC2)cc1C1(C(=O)N2CCNC(=O)C2)N[C@H](c2ccc(Cl)cc2)[C@H](c2ccc(Cl)cc2)N1.Cl. The van der Waals surface area contributed by atoms with E-state index in [2.05, 4.69) is 16.0 Å². The molecule has 0 aliphatic carbocycles. The van der Waals surface area contributed by atoms with Crippen molar-refractivity contribution < 1.29 is 19.1 Å². The highest BCUT2D eigenvalue weighted by Gasteiger charge is 2.55. The Morgan fingerprint density at radius 2 is 1.43 bits per heavy atom. The van der Waals surface area contributed by atoms with Gasteiger partial charge in [-0.25, -0.2) is 0 Å². The van der Waals surface area contributed by atoms with Gasteiger partial charge < -0.3 is 19.9 Å². The van der Waals surface area contributed by atoms with Crippen molar-refractivity contribution in [2.45, 2.75) is 43.9 Å². The third-order valence-corrected chi connectivity index (χ3v) is 9.26. The molecule has 3 aliphatic heterocycles. The summed E-state index contributed by atoms with van der Waals surface area (Å²) in [5.74, 6) is -0.184. The van der Waals surface area contributed by atoms with Crippen molar-refractivity contribution in [3.8, 4) is 5.75 Å². The fraction of sp³-hybridized carbons (Fsp3) is 0.382. The molecule has 0 bridgehead atoms. The average molecular weight is 687 g/mol. The molecule has 3 saturated heterocycles. The van der Waals surface area contributed by atoms with Crippen LogP contribution in [-0.4, -0.2) is 66.9 Å². The Balaban J connectivity index is 0.00000417. The summed E-state index contributed by atoms with van der Waals surface area (Å²) in [6.07, 6.45) is 3.03. The lowest BCUT2D eigenvalue weighted by Gasteiger charge is -2.38. The standard InChI is InChI=1S/C34H37Cl2N5O4.ClH/c1-2-45-28-15-10-24(32(43)40-17-4-3-5-18-40)20-27(28)34(33(44)41-19-16-37-29(42)21-41)38-30(22-6-11-25(35)12-7-22)31(39-34)23-8-13-26(36)14-9-23;/h6-15,20,30-31,38-39H,2-5,16-19,21H2,1H3,(H,37,42);1H/t30-,31+,34?;. The molecular formula is C34H38Cl3N5O4. The van der Waals surface area contributed by atoms with Crippen LogP contribution < -0.4 is 20.7 Å². The number of nitrogens with zero attached hydrogens (tertiary/aromatic N) is 2. The Hall–Kier alpha value is -3.34. The van der Waals surface area contributed by atoms with Crippen molar-refractivity contribution in [3.63, 3.8) is 0 Å². The zero-order valence-corrected chi connectivity index (χ0v) is 27.9. The van der Waals surface area contributed by atoms with Gasteiger partial charge in [0.05, 0.1) is 25.2 Å². The molecule has 3 amide bonds. The fourth-order valence-corrected chi connectivity index (χ4v) is 6.78. The molecule has 3 fully saturated rings. The van der Waals surface area contributed by atoms with Gasteiger partial charge in [0.1, 0.15) is 5.75 Å². The van der Waals surface area contributed by atoms with Crippen LogP contribution in [0.4, 0.5) is 0 Å². The number of likely N-dealkylation sites (tertiary alicyclic amines) is 1. The van der Waals surface area contributed by atoms with Crippen molar-refractivity contribution in [1.29, 1.82) is 0 Å². The van der Waals surface area contributed by atoms with E-state index < -0.39 is 17.7 Å². The van der Waals surface area contributed by atoms with Gasteiger partial charge in [-0.2, -0.15) is 0 Å². The molecule has 3 aliphatic rings. The number of carbonyl (C=O) groups is 3. The smallest absolute Gasteiger partial charge is 0.263 e. The average Bonchev–Trinajstić information content (AvgIpc) is 3.47. The Kier molecular flexibility index (Phi) is 10.8. The van der Waals surface area contributed by atoms with Crippen LogP contribution in [0.15, 0.2) is 66.7 Å². The first kappa shape index (κ1) is 34.0. The minimum atomic E-state index is -1.56. The number of piperazine rings is 1. The summed E-state index contributed by atoms with van der Waals surface area (Å²) in [7, 11) is 0. The number of halogens is 3. The quantitative estimate of drug-likeness (QED) is 0.315. The number of rotatable bonds is 7. The lowest BCUT2D eigenvalue weighted by molar-refractivity contribution is -0.144. The highest BCUT2D eigenvalue weighted by molar-refractivity contribution is 6.30. The van der Waals surface area contributed by atoms with E-state index >= 15 is 0 Å². The molecule has 6 rings (SSSR count). The number of hydrogen-bond acceptors (Lipinski definition) is 6. The van der Waals surface area contributed by atoms with Gasteiger partial charge in [-0.05, 0) is 79.8 Å². The van der Waals surface area contributed by atoms with E-state index in [-0.39, 0.29) is 36.7 Å². The highest BCUT2D eigenvalue weighted by atomic mass is 35.5. The molecule has 3 aromatic carbocycles. The second-order valence-corrected chi connectivity index (χ2v) is 12.5. The van der Waals surface area contributed by atoms with Gasteiger partial charge >= 0.3 is 0 Å². The molecule has 0 saturated carbocycles. The third-order valence-electron chi connectivity index (χ3n) is 8.76. The topological polar surface area (TPSA) is 103 Å². The predicted molar refractivity (Wildman–Crippen MR) is 181 cm³/mol. The van der Waals surface area contributed by atoms with Gasteiger partial charge in [0.15, 0.2) is 5.66 Å². The van der Waals surface area contributed by atoms with Crippen LogP contribution in [0, 0.1) is 0 Å². The molecular weight excluding hydrogens is 649 g/mol. The third kappa shape index (κ3) is 6.85. The van der Waals surface area contributed by atoms with E-state index in [4.69, 9.17) is 27.9 Å². The number of benzene rings is 3. The highest BCUT2D eigenvalue weighted by Crippen LogP contribution is 2.45. The fourth-order valence-electron chi connectivity index (χ4n) is 6.53. The first-order chi connectivity index (χ1) is 21.8. The van der Waals surface area contributed by atoms with Gasteiger partial charge in [-0.15, -0.1) is 12.4 Å². The number of hydrogen-bond donors (Lipinski definition) is 3. The van der Waals surface area contributed by atoms with E-state index in [1.807, 2.05) is 60.4 Å². The largest absolute Gasteiger partial charge is 0.493 e. The number of ether oxygens (including phenoxy) is 1. The second kappa shape index (κ2) is 14.6. The summed E-state index contributed by atoms with van der Waals surface area (Å²) < 4.78 is 6.14. The van der Waals surface area contributed by atoms with Crippen molar-refractivity contribution in [1.82, 2.24) is 25.8 Å². The van der Waals surface area contributed by atoms with Gasteiger partial charge in [0.25, 0.3) is 11.8 Å². The normalized spacial score (nSPS) is 23.0. The van der Waals surface area contributed by atoms with Crippen LogP contribution in [-0.2, 0) is 15.3 Å². The van der Waals surface area contributed by atoms with Crippen LogP contribution in [0.5, 0.6) is 5.75 Å². The predicted octanol–water partition coefficient (Wildman–Crippen LogP) is 5.23. The van der Waals surface area contributed by atoms with Crippen LogP contribution >= 0.6 is 35.6 Å². The minimum Gasteiger partial charge on any atom is -0.493 e. The summed E-state index contributed by atoms with van der Waals surface area (Å²) in [6, 6.07) is 19.5. The summed E-state index contributed by atoms with van der Waals surface area (Å²) in [4.78, 5) is 44.6. The van der Waals surface area contributed by atoms with E-state index in [0.717, 1.165) is 30.4 Å². The molecule has 0 spiro atoms. The van der Waals surface area contributed by atoms with Crippen LogP contribution in [0.2, 0.25) is 10.0 Å². The van der Waals surface area contributed by atoms with E-state index in [1.165, 1.54) is 0 Å². The van der Waals surface area contributed by atoms with Gasteiger partial charge in [0.2, 0.25) is 5.91 Å². The molecule has 3 aromatic rings. The Labute approximate surface area is 285 Å². The molecule has 46 heavy (non-hydrogen) atoms. The zero-order chi connectivity index (χ0) is 31.6. The molecule has 9 nitrogen and oxygen atoms in total. The number of amides is 3. The lowest BCUT2D eigenvalue weighted by atomic mass is 9.93.